The van der Waals surface area contributed by atoms with Crippen molar-refractivity contribution < 1.29 is 19.0 Å². The van der Waals surface area contributed by atoms with Gasteiger partial charge in [-0.1, -0.05) is 13.8 Å². The van der Waals surface area contributed by atoms with Crippen molar-refractivity contribution in [2.45, 2.75) is 53.2 Å². The molecule has 0 saturated carbocycles. The fourth-order valence-corrected chi connectivity index (χ4v) is 1.28. The van der Waals surface area contributed by atoms with Gasteiger partial charge in [-0.2, -0.15) is 0 Å². The van der Waals surface area contributed by atoms with Crippen LogP contribution in [0.15, 0.2) is 0 Å². The second-order valence-corrected chi connectivity index (χ2v) is 4.69. The SMILES string of the molecule is CCOC(C)COC(C)COC(=O)CC(C)C. The predicted octanol–water partition coefficient (Wildman–Crippen LogP) is 2.41. The predicted molar refractivity (Wildman–Crippen MR) is 66.9 cm³/mol. The minimum absolute atomic E-state index is 0.0776. The van der Waals surface area contributed by atoms with Gasteiger partial charge in [0.2, 0.25) is 0 Å². The molecule has 2 unspecified atom stereocenters. The van der Waals surface area contributed by atoms with Crippen LogP contribution < -0.4 is 0 Å². The van der Waals surface area contributed by atoms with Gasteiger partial charge >= 0.3 is 5.97 Å². The molecule has 4 heteroatoms. The molecule has 0 fully saturated rings. The Morgan fingerprint density at radius 3 is 2.12 bits per heavy atom. The van der Waals surface area contributed by atoms with Crippen LogP contribution in [0.4, 0.5) is 0 Å². The van der Waals surface area contributed by atoms with Gasteiger partial charge in [0.15, 0.2) is 0 Å². The van der Waals surface area contributed by atoms with Crippen LogP contribution >= 0.6 is 0 Å². The van der Waals surface area contributed by atoms with Crippen LogP contribution in [-0.4, -0.2) is 38.0 Å². The van der Waals surface area contributed by atoms with Gasteiger partial charge in [-0.15, -0.1) is 0 Å². The summed E-state index contributed by atoms with van der Waals surface area (Å²) >= 11 is 0. The first kappa shape index (κ1) is 16.4. The van der Waals surface area contributed by atoms with E-state index in [1.54, 1.807) is 0 Å². The molecule has 0 aromatic carbocycles. The van der Waals surface area contributed by atoms with Gasteiger partial charge in [0, 0.05) is 13.0 Å². The highest BCUT2D eigenvalue weighted by Crippen LogP contribution is 2.03. The molecule has 0 aliphatic heterocycles. The second-order valence-electron chi connectivity index (χ2n) is 4.69. The molecule has 0 rings (SSSR count). The zero-order valence-electron chi connectivity index (χ0n) is 11.7. The average molecular weight is 246 g/mol. The zero-order chi connectivity index (χ0) is 13.3. The van der Waals surface area contributed by atoms with Crippen molar-refractivity contribution in [1.82, 2.24) is 0 Å². The summed E-state index contributed by atoms with van der Waals surface area (Å²) < 4.78 is 15.9. The summed E-state index contributed by atoms with van der Waals surface area (Å²) in [5, 5.41) is 0. The van der Waals surface area contributed by atoms with E-state index >= 15 is 0 Å². The Kier molecular flexibility index (Phi) is 9.09. The molecule has 0 heterocycles. The summed E-state index contributed by atoms with van der Waals surface area (Å²) in [5.74, 6) is 0.171. The maximum atomic E-state index is 11.3. The van der Waals surface area contributed by atoms with E-state index in [2.05, 4.69) is 0 Å². The first-order valence-electron chi connectivity index (χ1n) is 6.34. The molecule has 0 bridgehead atoms. The highest BCUT2D eigenvalue weighted by molar-refractivity contribution is 5.69. The van der Waals surface area contributed by atoms with E-state index in [9.17, 15) is 4.79 Å². The highest BCUT2D eigenvalue weighted by atomic mass is 16.6. The van der Waals surface area contributed by atoms with Crippen LogP contribution in [0.3, 0.4) is 0 Å². The molecular weight excluding hydrogens is 220 g/mol. The molecule has 0 aromatic rings. The van der Waals surface area contributed by atoms with Crippen LogP contribution in [0, 0.1) is 5.92 Å². The second kappa shape index (κ2) is 9.42. The van der Waals surface area contributed by atoms with Crippen molar-refractivity contribution in [3.05, 3.63) is 0 Å². The van der Waals surface area contributed by atoms with Crippen molar-refractivity contribution >= 4 is 5.97 Å². The molecular formula is C13H26O4. The molecule has 2 atom stereocenters. The Morgan fingerprint density at radius 1 is 1.00 bits per heavy atom. The minimum Gasteiger partial charge on any atom is -0.463 e. The van der Waals surface area contributed by atoms with E-state index in [-0.39, 0.29) is 18.2 Å². The van der Waals surface area contributed by atoms with Crippen molar-refractivity contribution in [2.75, 3.05) is 19.8 Å². The Bertz CT molecular complexity index is 204. The summed E-state index contributed by atoms with van der Waals surface area (Å²) in [7, 11) is 0. The Balaban J connectivity index is 3.58. The van der Waals surface area contributed by atoms with Crippen molar-refractivity contribution in [1.29, 1.82) is 0 Å². The van der Waals surface area contributed by atoms with E-state index < -0.39 is 0 Å². The molecule has 0 radical (unpaired) electrons. The van der Waals surface area contributed by atoms with E-state index in [1.165, 1.54) is 0 Å². The number of carbonyl (C=O) groups excluding carboxylic acids is 1. The highest BCUT2D eigenvalue weighted by Gasteiger charge is 2.10. The third kappa shape index (κ3) is 10.3. The van der Waals surface area contributed by atoms with Gasteiger partial charge < -0.3 is 14.2 Å². The number of ether oxygens (including phenoxy) is 3. The third-order valence-corrected chi connectivity index (χ3v) is 2.12. The molecule has 4 nitrogen and oxygen atoms in total. The lowest BCUT2D eigenvalue weighted by Gasteiger charge is -2.17. The van der Waals surface area contributed by atoms with Crippen LogP contribution in [0.5, 0.6) is 0 Å². The molecule has 0 amide bonds. The first-order chi connectivity index (χ1) is 7.95. The lowest BCUT2D eigenvalue weighted by molar-refractivity contribution is -0.149. The van der Waals surface area contributed by atoms with Gasteiger partial charge in [0.25, 0.3) is 0 Å². The van der Waals surface area contributed by atoms with E-state index in [1.807, 2.05) is 34.6 Å². The number of esters is 1. The topological polar surface area (TPSA) is 44.8 Å². The molecule has 0 aliphatic rings. The standard InChI is InChI=1S/C13H26O4/c1-6-15-11(4)8-16-12(5)9-17-13(14)7-10(2)3/h10-12H,6-9H2,1-5H3. The third-order valence-electron chi connectivity index (χ3n) is 2.12. The molecule has 0 spiro atoms. The Hall–Kier alpha value is -0.610. The maximum Gasteiger partial charge on any atom is 0.306 e. The monoisotopic (exact) mass is 246 g/mol. The van der Waals surface area contributed by atoms with Gasteiger partial charge in [0.05, 0.1) is 18.8 Å². The van der Waals surface area contributed by atoms with Crippen molar-refractivity contribution in [3.8, 4) is 0 Å². The Labute approximate surface area is 105 Å². The zero-order valence-corrected chi connectivity index (χ0v) is 11.7. The fraction of sp³-hybridized carbons (Fsp3) is 0.923. The van der Waals surface area contributed by atoms with Crippen LogP contribution in [-0.2, 0) is 19.0 Å². The van der Waals surface area contributed by atoms with Crippen LogP contribution in [0.2, 0.25) is 0 Å². The van der Waals surface area contributed by atoms with Crippen LogP contribution in [0.25, 0.3) is 0 Å². The minimum atomic E-state index is -0.159. The van der Waals surface area contributed by atoms with Crippen LogP contribution in [0.1, 0.15) is 41.0 Å². The number of rotatable bonds is 9. The lowest BCUT2D eigenvalue weighted by atomic mass is 10.1. The van der Waals surface area contributed by atoms with Gasteiger partial charge in [-0.3, -0.25) is 4.79 Å². The van der Waals surface area contributed by atoms with Gasteiger partial charge in [-0.05, 0) is 26.7 Å². The van der Waals surface area contributed by atoms with Crippen molar-refractivity contribution in [3.63, 3.8) is 0 Å². The molecule has 0 aliphatic carbocycles. The fourth-order valence-electron chi connectivity index (χ4n) is 1.28. The van der Waals surface area contributed by atoms with E-state index in [0.29, 0.717) is 32.2 Å². The molecule has 0 aromatic heterocycles. The number of carbonyl (C=O) groups is 1. The van der Waals surface area contributed by atoms with E-state index in [0.717, 1.165) is 0 Å². The maximum absolute atomic E-state index is 11.3. The van der Waals surface area contributed by atoms with E-state index in [4.69, 9.17) is 14.2 Å². The quantitative estimate of drug-likeness (QED) is 0.586. The summed E-state index contributed by atoms with van der Waals surface area (Å²) in [6.45, 7) is 11.3. The van der Waals surface area contributed by atoms with Crippen molar-refractivity contribution in [2.24, 2.45) is 5.92 Å². The Morgan fingerprint density at radius 2 is 1.59 bits per heavy atom. The summed E-state index contributed by atoms with van der Waals surface area (Å²) in [4.78, 5) is 11.3. The average Bonchev–Trinajstić information content (AvgIpc) is 2.23. The summed E-state index contributed by atoms with van der Waals surface area (Å²) in [6.07, 6.45) is 0.449. The summed E-state index contributed by atoms with van der Waals surface area (Å²) in [5.41, 5.74) is 0. The smallest absolute Gasteiger partial charge is 0.306 e. The van der Waals surface area contributed by atoms with Gasteiger partial charge in [0.1, 0.15) is 6.61 Å². The summed E-state index contributed by atoms with van der Waals surface area (Å²) in [6, 6.07) is 0. The largest absolute Gasteiger partial charge is 0.463 e. The molecule has 0 saturated heterocycles. The lowest BCUT2D eigenvalue weighted by Crippen LogP contribution is -2.24. The first-order valence-corrected chi connectivity index (χ1v) is 6.34. The molecule has 0 N–H and O–H groups in total. The number of hydrogen-bond donors (Lipinski definition) is 0. The normalized spacial score (nSPS) is 14.7. The molecule has 17 heavy (non-hydrogen) atoms. The van der Waals surface area contributed by atoms with Gasteiger partial charge in [-0.25, -0.2) is 0 Å². The molecule has 102 valence electrons. The number of hydrogen-bond acceptors (Lipinski definition) is 4.